The van der Waals surface area contributed by atoms with Crippen LogP contribution in [0.1, 0.15) is 23.7 Å². The third kappa shape index (κ3) is 5.29. The summed E-state index contributed by atoms with van der Waals surface area (Å²) in [6.45, 7) is 2.39. The van der Waals surface area contributed by atoms with Crippen LogP contribution >= 0.6 is 15.9 Å². The van der Waals surface area contributed by atoms with E-state index in [-0.39, 0.29) is 18.4 Å². The lowest BCUT2D eigenvalue weighted by Gasteiger charge is -2.22. The van der Waals surface area contributed by atoms with Gasteiger partial charge in [-0.25, -0.2) is 0 Å². The largest absolute Gasteiger partial charge is 0.495 e. The van der Waals surface area contributed by atoms with Gasteiger partial charge in [-0.2, -0.15) is 0 Å². The number of para-hydroxylation sites is 2. The molecule has 0 bridgehead atoms. The number of hydrogen-bond acceptors (Lipinski definition) is 4. The number of anilines is 1. The minimum Gasteiger partial charge on any atom is -0.495 e. The van der Waals surface area contributed by atoms with Crippen molar-refractivity contribution in [1.82, 2.24) is 9.88 Å². The van der Waals surface area contributed by atoms with Gasteiger partial charge >= 0.3 is 0 Å². The number of methoxy groups -OCH3 is 1. The Hall–Kier alpha value is -2.41. The Labute approximate surface area is 155 Å². The van der Waals surface area contributed by atoms with Crippen LogP contribution in [0.2, 0.25) is 0 Å². The summed E-state index contributed by atoms with van der Waals surface area (Å²) in [6, 6.07) is 8.83. The second kappa shape index (κ2) is 9.17. The summed E-state index contributed by atoms with van der Waals surface area (Å²) in [5, 5.41) is 2.79. The number of nitrogens with zero attached hydrogens (tertiary/aromatic N) is 2. The van der Waals surface area contributed by atoms with Crippen LogP contribution < -0.4 is 10.1 Å². The van der Waals surface area contributed by atoms with Crippen LogP contribution in [0.4, 0.5) is 5.69 Å². The molecule has 0 aliphatic carbocycles. The number of rotatable bonds is 7. The molecule has 0 fully saturated rings. The fraction of sp³-hybridized carbons (Fsp3) is 0.278. The first kappa shape index (κ1) is 18.9. The molecule has 2 rings (SSSR count). The smallest absolute Gasteiger partial charge is 0.255 e. The van der Waals surface area contributed by atoms with Crippen molar-refractivity contribution in [3.63, 3.8) is 0 Å². The van der Waals surface area contributed by atoms with E-state index in [9.17, 15) is 9.59 Å². The zero-order chi connectivity index (χ0) is 18.2. The fourth-order valence-corrected chi connectivity index (χ4v) is 2.71. The molecule has 2 amide bonds. The molecule has 7 heteroatoms. The number of nitrogens with one attached hydrogen (secondary N) is 1. The van der Waals surface area contributed by atoms with E-state index in [1.165, 1.54) is 18.2 Å². The molecule has 0 radical (unpaired) electrons. The summed E-state index contributed by atoms with van der Waals surface area (Å²) >= 11 is 3.30. The van der Waals surface area contributed by atoms with Crippen LogP contribution in [0.3, 0.4) is 0 Å². The Morgan fingerprint density at radius 2 is 2.04 bits per heavy atom. The van der Waals surface area contributed by atoms with Gasteiger partial charge in [0, 0.05) is 23.4 Å². The van der Waals surface area contributed by atoms with E-state index < -0.39 is 0 Å². The van der Waals surface area contributed by atoms with Crippen molar-refractivity contribution in [1.29, 1.82) is 0 Å². The molecular formula is C18H20BrN3O3. The predicted octanol–water partition coefficient (Wildman–Crippen LogP) is 3.34. The van der Waals surface area contributed by atoms with E-state index in [2.05, 4.69) is 26.2 Å². The molecule has 132 valence electrons. The number of ether oxygens (including phenoxy) is 1. The monoisotopic (exact) mass is 405 g/mol. The number of amides is 2. The highest BCUT2D eigenvalue weighted by molar-refractivity contribution is 9.10. The second-order valence-electron chi connectivity index (χ2n) is 5.37. The first-order valence-electron chi connectivity index (χ1n) is 7.87. The lowest BCUT2D eigenvalue weighted by Crippen LogP contribution is -2.38. The van der Waals surface area contributed by atoms with Gasteiger partial charge in [0.25, 0.3) is 5.91 Å². The Morgan fingerprint density at radius 3 is 2.72 bits per heavy atom. The number of halogens is 1. The highest BCUT2D eigenvalue weighted by Gasteiger charge is 2.19. The van der Waals surface area contributed by atoms with Gasteiger partial charge in [-0.1, -0.05) is 19.1 Å². The van der Waals surface area contributed by atoms with Crippen molar-refractivity contribution in [3.05, 3.63) is 52.8 Å². The molecule has 0 saturated carbocycles. The molecule has 0 aliphatic heterocycles. The summed E-state index contributed by atoms with van der Waals surface area (Å²) in [5.41, 5.74) is 1.01. The average molecular weight is 406 g/mol. The number of pyridine rings is 1. The van der Waals surface area contributed by atoms with Gasteiger partial charge in [-0.3, -0.25) is 14.6 Å². The third-order valence-corrected chi connectivity index (χ3v) is 3.88. The Bertz CT molecular complexity index is 752. The van der Waals surface area contributed by atoms with Crippen LogP contribution in [0.5, 0.6) is 5.75 Å². The molecular weight excluding hydrogens is 386 g/mol. The van der Waals surface area contributed by atoms with Crippen LogP contribution in [0, 0.1) is 0 Å². The van der Waals surface area contributed by atoms with Crippen LogP contribution in [-0.2, 0) is 4.79 Å². The van der Waals surface area contributed by atoms with Crippen molar-refractivity contribution in [2.45, 2.75) is 13.3 Å². The molecule has 1 aromatic heterocycles. The summed E-state index contributed by atoms with van der Waals surface area (Å²) in [7, 11) is 1.54. The van der Waals surface area contributed by atoms with Gasteiger partial charge in [0.15, 0.2) is 0 Å². The van der Waals surface area contributed by atoms with E-state index in [1.807, 2.05) is 13.0 Å². The molecule has 2 aromatic rings. The summed E-state index contributed by atoms with van der Waals surface area (Å²) in [6.07, 6.45) is 3.85. The maximum atomic E-state index is 12.7. The Morgan fingerprint density at radius 1 is 1.28 bits per heavy atom. The number of aromatic nitrogens is 1. The molecule has 1 aromatic carbocycles. The van der Waals surface area contributed by atoms with Crippen molar-refractivity contribution < 1.29 is 14.3 Å². The van der Waals surface area contributed by atoms with E-state index in [0.29, 0.717) is 28.0 Å². The van der Waals surface area contributed by atoms with Crippen molar-refractivity contribution in [3.8, 4) is 5.75 Å². The molecule has 0 unspecified atom stereocenters. The average Bonchev–Trinajstić information content (AvgIpc) is 2.61. The van der Waals surface area contributed by atoms with Crippen LogP contribution in [0.25, 0.3) is 0 Å². The minimum absolute atomic E-state index is 0.0444. The molecule has 1 N–H and O–H groups in total. The predicted molar refractivity (Wildman–Crippen MR) is 99.8 cm³/mol. The number of benzene rings is 1. The first-order valence-corrected chi connectivity index (χ1v) is 8.67. The molecule has 0 aliphatic rings. The Kier molecular flexibility index (Phi) is 6.94. The number of carbonyl (C=O) groups excluding carboxylic acids is 2. The van der Waals surface area contributed by atoms with E-state index in [4.69, 9.17) is 4.74 Å². The van der Waals surface area contributed by atoms with Gasteiger partial charge in [-0.05, 0) is 40.5 Å². The van der Waals surface area contributed by atoms with Gasteiger partial charge in [0.1, 0.15) is 12.3 Å². The molecule has 0 saturated heterocycles. The van der Waals surface area contributed by atoms with Gasteiger partial charge in [0.05, 0.1) is 18.4 Å². The summed E-state index contributed by atoms with van der Waals surface area (Å²) in [5.74, 6) is 0.0560. The zero-order valence-corrected chi connectivity index (χ0v) is 15.7. The molecule has 1 heterocycles. The van der Waals surface area contributed by atoms with Crippen LogP contribution in [0.15, 0.2) is 47.2 Å². The lowest BCUT2D eigenvalue weighted by atomic mass is 10.2. The van der Waals surface area contributed by atoms with Gasteiger partial charge in [-0.15, -0.1) is 0 Å². The van der Waals surface area contributed by atoms with Gasteiger partial charge in [0.2, 0.25) is 5.91 Å². The standard InChI is InChI=1S/C18H20BrN3O3/c1-3-8-22(18(24)13-9-14(19)11-20-10-13)12-17(23)21-15-6-4-5-7-16(15)25-2/h4-7,9-11H,3,8,12H2,1-2H3,(H,21,23). The van der Waals surface area contributed by atoms with Crippen molar-refractivity contribution in [2.75, 3.05) is 25.5 Å². The van der Waals surface area contributed by atoms with E-state index in [0.717, 1.165) is 6.42 Å². The van der Waals surface area contributed by atoms with Gasteiger partial charge < -0.3 is 15.0 Å². The zero-order valence-electron chi connectivity index (χ0n) is 14.2. The topological polar surface area (TPSA) is 71.5 Å². The fourth-order valence-electron chi connectivity index (χ4n) is 2.34. The van der Waals surface area contributed by atoms with Crippen molar-refractivity contribution in [2.24, 2.45) is 0 Å². The van der Waals surface area contributed by atoms with E-state index in [1.54, 1.807) is 30.5 Å². The molecule has 0 atom stereocenters. The second-order valence-corrected chi connectivity index (χ2v) is 6.28. The SMILES string of the molecule is CCCN(CC(=O)Nc1ccccc1OC)C(=O)c1cncc(Br)c1. The molecule has 6 nitrogen and oxygen atoms in total. The highest BCUT2D eigenvalue weighted by atomic mass is 79.9. The minimum atomic E-state index is -0.283. The summed E-state index contributed by atoms with van der Waals surface area (Å²) < 4.78 is 5.94. The summed E-state index contributed by atoms with van der Waals surface area (Å²) in [4.78, 5) is 30.6. The van der Waals surface area contributed by atoms with Crippen molar-refractivity contribution >= 4 is 33.4 Å². The maximum Gasteiger partial charge on any atom is 0.255 e. The number of hydrogen-bond donors (Lipinski definition) is 1. The van der Waals surface area contributed by atoms with E-state index >= 15 is 0 Å². The quantitative estimate of drug-likeness (QED) is 0.766. The normalized spacial score (nSPS) is 10.2. The Balaban J connectivity index is 2.10. The van der Waals surface area contributed by atoms with Crippen LogP contribution in [-0.4, -0.2) is 41.9 Å². The maximum absolute atomic E-state index is 12.7. The number of carbonyl (C=O) groups is 2. The molecule has 25 heavy (non-hydrogen) atoms. The highest BCUT2D eigenvalue weighted by Crippen LogP contribution is 2.23. The third-order valence-electron chi connectivity index (χ3n) is 3.45. The lowest BCUT2D eigenvalue weighted by molar-refractivity contribution is -0.116. The molecule has 0 spiro atoms. The first-order chi connectivity index (χ1) is 12.0.